The molecule has 2 aliphatic rings. The predicted molar refractivity (Wildman–Crippen MR) is 95.2 cm³/mol. The lowest BCUT2D eigenvalue weighted by Gasteiger charge is -2.37. The van der Waals surface area contributed by atoms with Gasteiger partial charge in [-0.2, -0.15) is 13.2 Å². The van der Waals surface area contributed by atoms with Crippen molar-refractivity contribution in [1.29, 1.82) is 0 Å². The molecule has 1 fully saturated rings. The maximum atomic E-state index is 12.5. The summed E-state index contributed by atoms with van der Waals surface area (Å²) in [5, 5.41) is 12.7. The molecule has 1 spiro atoms. The van der Waals surface area contributed by atoms with Gasteiger partial charge in [-0.15, -0.1) is 0 Å². The first-order chi connectivity index (χ1) is 13.0. The average molecular weight is 401 g/mol. The average Bonchev–Trinajstić information content (AvgIpc) is 2.92. The molecule has 0 saturated carbocycles. The van der Waals surface area contributed by atoms with Gasteiger partial charge in [-0.1, -0.05) is 6.92 Å². The number of nitrogens with zero attached hydrogens (tertiary/aromatic N) is 1. The summed E-state index contributed by atoms with van der Waals surface area (Å²) in [6.45, 7) is 5.01. The standard InChI is InChI=1S/C16H21N3O2.C2HF3O2/c1-3-19-8-6-16(7-9-19)12-10-11(14(20)17-2)4-5-13(12)18-15(16)21;3-2(4,5)1(6)7/h4-5,10H,3,6-9H2,1-2H3,(H,17,20)(H,18,21);(H,6,7). The van der Waals surface area contributed by atoms with Gasteiger partial charge in [0.15, 0.2) is 0 Å². The number of halogens is 3. The normalized spacial score (nSPS) is 18.0. The van der Waals surface area contributed by atoms with Crippen molar-refractivity contribution in [2.45, 2.75) is 31.4 Å². The van der Waals surface area contributed by atoms with Gasteiger partial charge in [-0.25, -0.2) is 4.79 Å². The first-order valence-corrected chi connectivity index (χ1v) is 8.75. The number of alkyl halides is 3. The molecule has 0 unspecified atom stereocenters. The van der Waals surface area contributed by atoms with Gasteiger partial charge in [0.2, 0.25) is 5.91 Å². The Hall–Kier alpha value is -2.62. The molecule has 3 N–H and O–H groups in total. The molecular formula is C18H22F3N3O4. The van der Waals surface area contributed by atoms with Crippen LogP contribution in [0.3, 0.4) is 0 Å². The number of carbonyl (C=O) groups excluding carboxylic acids is 2. The molecule has 1 saturated heterocycles. The summed E-state index contributed by atoms with van der Waals surface area (Å²) in [7, 11) is 1.62. The molecule has 0 aliphatic carbocycles. The number of carboxylic acid groups (broad SMARTS) is 1. The van der Waals surface area contributed by atoms with E-state index in [4.69, 9.17) is 9.90 Å². The van der Waals surface area contributed by atoms with Crippen molar-refractivity contribution in [1.82, 2.24) is 10.2 Å². The number of amides is 2. The Morgan fingerprint density at radius 2 is 1.86 bits per heavy atom. The van der Waals surface area contributed by atoms with Crippen LogP contribution in [0, 0.1) is 0 Å². The molecule has 2 heterocycles. The summed E-state index contributed by atoms with van der Waals surface area (Å²) in [4.78, 5) is 35.6. The maximum absolute atomic E-state index is 12.5. The number of aliphatic carboxylic acids is 1. The van der Waals surface area contributed by atoms with Crippen molar-refractivity contribution in [3.05, 3.63) is 29.3 Å². The van der Waals surface area contributed by atoms with Gasteiger partial charge in [0.1, 0.15) is 0 Å². The Morgan fingerprint density at radius 1 is 1.29 bits per heavy atom. The molecule has 1 aromatic carbocycles. The number of rotatable bonds is 2. The van der Waals surface area contributed by atoms with E-state index in [1.807, 2.05) is 12.1 Å². The minimum absolute atomic E-state index is 0.0855. The second-order valence-electron chi connectivity index (χ2n) is 6.61. The highest BCUT2D eigenvalue weighted by molar-refractivity contribution is 6.07. The molecule has 0 radical (unpaired) electrons. The van der Waals surface area contributed by atoms with E-state index in [0.717, 1.165) is 43.7 Å². The molecule has 3 rings (SSSR count). The fourth-order valence-electron chi connectivity index (χ4n) is 3.45. The minimum atomic E-state index is -5.08. The highest BCUT2D eigenvalue weighted by atomic mass is 19.4. The molecule has 0 bridgehead atoms. The first-order valence-electron chi connectivity index (χ1n) is 8.75. The number of fused-ring (bicyclic) bond motifs is 2. The smallest absolute Gasteiger partial charge is 0.475 e. The number of hydrogen-bond acceptors (Lipinski definition) is 4. The summed E-state index contributed by atoms with van der Waals surface area (Å²) in [5.74, 6) is -2.78. The van der Waals surface area contributed by atoms with Crippen LogP contribution in [0.4, 0.5) is 18.9 Å². The number of piperidine rings is 1. The quantitative estimate of drug-likeness (QED) is 0.704. The summed E-state index contributed by atoms with van der Waals surface area (Å²) in [5.41, 5.74) is 2.01. The van der Waals surface area contributed by atoms with Crippen LogP contribution in [0.25, 0.3) is 0 Å². The summed E-state index contributed by atoms with van der Waals surface area (Å²) < 4.78 is 31.7. The van der Waals surface area contributed by atoms with Crippen molar-refractivity contribution in [3.63, 3.8) is 0 Å². The Balaban J connectivity index is 0.000000345. The van der Waals surface area contributed by atoms with Crippen molar-refractivity contribution in [2.75, 3.05) is 32.0 Å². The fourth-order valence-corrected chi connectivity index (χ4v) is 3.45. The van der Waals surface area contributed by atoms with Crippen molar-refractivity contribution < 1.29 is 32.7 Å². The Kier molecular flexibility index (Phi) is 6.33. The van der Waals surface area contributed by atoms with E-state index >= 15 is 0 Å². The van der Waals surface area contributed by atoms with Crippen LogP contribution in [0.5, 0.6) is 0 Å². The zero-order valence-electron chi connectivity index (χ0n) is 15.5. The van der Waals surface area contributed by atoms with Crippen LogP contribution in [-0.2, 0) is 15.0 Å². The number of hydrogen-bond donors (Lipinski definition) is 3. The number of anilines is 1. The molecule has 1 aromatic rings. The number of likely N-dealkylation sites (tertiary alicyclic amines) is 1. The number of carbonyl (C=O) groups is 3. The third kappa shape index (κ3) is 4.27. The zero-order chi connectivity index (χ0) is 21.1. The highest BCUT2D eigenvalue weighted by Gasteiger charge is 2.48. The van der Waals surface area contributed by atoms with E-state index < -0.39 is 17.6 Å². The molecular weight excluding hydrogens is 379 g/mol. The second kappa shape index (κ2) is 8.17. The van der Waals surface area contributed by atoms with Gasteiger partial charge < -0.3 is 20.6 Å². The lowest BCUT2D eigenvalue weighted by molar-refractivity contribution is -0.192. The minimum Gasteiger partial charge on any atom is -0.475 e. The van der Waals surface area contributed by atoms with E-state index in [-0.39, 0.29) is 11.8 Å². The van der Waals surface area contributed by atoms with Gasteiger partial charge in [-0.3, -0.25) is 9.59 Å². The van der Waals surface area contributed by atoms with Crippen LogP contribution in [-0.4, -0.2) is 60.6 Å². The molecule has 10 heteroatoms. The van der Waals surface area contributed by atoms with Crippen LogP contribution < -0.4 is 10.6 Å². The van der Waals surface area contributed by atoms with E-state index in [2.05, 4.69) is 22.5 Å². The summed E-state index contributed by atoms with van der Waals surface area (Å²) in [6, 6.07) is 5.49. The first kappa shape index (κ1) is 21.7. The molecule has 2 aliphatic heterocycles. The second-order valence-corrected chi connectivity index (χ2v) is 6.61. The Labute approximate surface area is 159 Å². The van der Waals surface area contributed by atoms with Crippen LogP contribution in [0.2, 0.25) is 0 Å². The zero-order valence-corrected chi connectivity index (χ0v) is 15.5. The molecule has 2 amide bonds. The lowest BCUT2D eigenvalue weighted by Crippen LogP contribution is -2.46. The summed E-state index contributed by atoms with van der Waals surface area (Å²) in [6.07, 6.45) is -3.45. The summed E-state index contributed by atoms with van der Waals surface area (Å²) >= 11 is 0. The lowest BCUT2D eigenvalue weighted by atomic mass is 9.73. The largest absolute Gasteiger partial charge is 0.490 e. The predicted octanol–water partition coefficient (Wildman–Crippen LogP) is 1.99. The SMILES string of the molecule is CCN1CCC2(CC1)C(=O)Nc1ccc(C(=O)NC)cc12.O=C(O)C(F)(F)F. The number of benzene rings is 1. The molecule has 28 heavy (non-hydrogen) atoms. The highest BCUT2D eigenvalue weighted by Crippen LogP contribution is 2.45. The van der Waals surface area contributed by atoms with Crippen molar-refractivity contribution >= 4 is 23.5 Å². The van der Waals surface area contributed by atoms with Gasteiger partial charge in [-0.05, 0) is 56.2 Å². The van der Waals surface area contributed by atoms with Crippen LogP contribution in [0.1, 0.15) is 35.7 Å². The molecule has 0 aromatic heterocycles. The third-order valence-corrected chi connectivity index (χ3v) is 5.11. The number of nitrogens with one attached hydrogen (secondary N) is 2. The Morgan fingerprint density at radius 3 is 2.32 bits per heavy atom. The fraction of sp³-hybridized carbons (Fsp3) is 0.500. The van der Waals surface area contributed by atoms with E-state index in [1.54, 1.807) is 13.1 Å². The van der Waals surface area contributed by atoms with Crippen LogP contribution >= 0.6 is 0 Å². The van der Waals surface area contributed by atoms with Gasteiger partial charge >= 0.3 is 12.1 Å². The van der Waals surface area contributed by atoms with Gasteiger partial charge in [0.05, 0.1) is 5.41 Å². The van der Waals surface area contributed by atoms with Gasteiger partial charge in [0.25, 0.3) is 5.91 Å². The number of carboxylic acids is 1. The van der Waals surface area contributed by atoms with E-state index in [0.29, 0.717) is 5.56 Å². The maximum Gasteiger partial charge on any atom is 0.490 e. The molecule has 154 valence electrons. The molecule has 7 nitrogen and oxygen atoms in total. The monoisotopic (exact) mass is 401 g/mol. The molecule has 0 atom stereocenters. The Bertz CT molecular complexity index is 772. The topological polar surface area (TPSA) is 98.7 Å². The van der Waals surface area contributed by atoms with E-state index in [9.17, 15) is 22.8 Å². The van der Waals surface area contributed by atoms with E-state index in [1.165, 1.54) is 0 Å². The third-order valence-electron chi connectivity index (χ3n) is 5.11. The van der Waals surface area contributed by atoms with Crippen LogP contribution in [0.15, 0.2) is 18.2 Å². The van der Waals surface area contributed by atoms with Crippen molar-refractivity contribution in [3.8, 4) is 0 Å². The van der Waals surface area contributed by atoms with Gasteiger partial charge in [0, 0.05) is 18.3 Å². The van der Waals surface area contributed by atoms with Crippen molar-refractivity contribution in [2.24, 2.45) is 0 Å².